The fourth-order valence-corrected chi connectivity index (χ4v) is 1.52. The normalized spacial score (nSPS) is 11.2. The van der Waals surface area contributed by atoms with E-state index in [1.807, 2.05) is 5.32 Å². The van der Waals surface area contributed by atoms with Crippen molar-refractivity contribution >= 4 is 28.9 Å². The number of aromatic carboxylic acids is 1. The molecule has 0 amide bonds. The number of nitrogens with one attached hydrogen (secondary N) is 1. The van der Waals surface area contributed by atoms with E-state index in [1.54, 1.807) is 0 Å². The summed E-state index contributed by atoms with van der Waals surface area (Å²) in [6.45, 7) is -1.51. The largest absolute Gasteiger partial charge is 0.478 e. The molecule has 0 saturated carbocycles. The van der Waals surface area contributed by atoms with Gasteiger partial charge in [0, 0.05) is 12.1 Å². The second-order valence-corrected chi connectivity index (χ2v) is 3.79. The molecule has 104 valence electrons. The Kier molecular flexibility index (Phi) is 4.20. The predicted octanol–water partition coefficient (Wildman–Crippen LogP) is 2.92. The van der Waals surface area contributed by atoms with Crippen molar-refractivity contribution in [2.45, 2.75) is 6.18 Å². The Bertz CT molecular complexity index is 533. The highest BCUT2D eigenvalue weighted by Crippen LogP contribution is 2.32. The van der Waals surface area contributed by atoms with Gasteiger partial charge in [0.2, 0.25) is 0 Å². The number of nitrogens with zero attached hydrogens (tertiary/aromatic N) is 1. The van der Waals surface area contributed by atoms with Gasteiger partial charge in [-0.3, -0.25) is 10.1 Å². The first kappa shape index (κ1) is 15.0. The van der Waals surface area contributed by atoms with Crippen LogP contribution < -0.4 is 5.32 Å². The summed E-state index contributed by atoms with van der Waals surface area (Å²) in [5.74, 6) is -1.63. The Balaban J connectivity index is 3.23. The molecular weight excluding hydrogens is 293 g/mol. The summed E-state index contributed by atoms with van der Waals surface area (Å²) in [6, 6.07) is 1.40. The number of nitro benzene ring substituents is 1. The highest BCUT2D eigenvalue weighted by atomic mass is 35.5. The van der Waals surface area contributed by atoms with E-state index in [-0.39, 0.29) is 0 Å². The van der Waals surface area contributed by atoms with Crippen LogP contribution in [0.15, 0.2) is 12.1 Å². The van der Waals surface area contributed by atoms with Crippen molar-refractivity contribution < 1.29 is 28.0 Å². The van der Waals surface area contributed by atoms with Crippen molar-refractivity contribution in [2.75, 3.05) is 11.9 Å². The highest BCUT2D eigenvalue weighted by molar-refractivity contribution is 6.34. The average molecular weight is 299 g/mol. The third kappa shape index (κ3) is 3.98. The first-order valence-corrected chi connectivity index (χ1v) is 5.01. The minimum atomic E-state index is -4.58. The molecule has 0 bridgehead atoms. The smallest absolute Gasteiger partial charge is 0.405 e. The molecule has 0 atom stereocenters. The van der Waals surface area contributed by atoms with E-state index in [1.165, 1.54) is 0 Å². The maximum absolute atomic E-state index is 12.1. The van der Waals surface area contributed by atoms with Crippen LogP contribution in [0.25, 0.3) is 0 Å². The molecule has 1 aromatic rings. The summed E-state index contributed by atoms with van der Waals surface area (Å²) in [7, 11) is 0. The van der Waals surface area contributed by atoms with Gasteiger partial charge in [0.05, 0.1) is 21.2 Å². The lowest BCUT2D eigenvalue weighted by atomic mass is 10.1. The monoisotopic (exact) mass is 298 g/mol. The Labute approximate surface area is 108 Å². The van der Waals surface area contributed by atoms with Gasteiger partial charge in [-0.25, -0.2) is 4.79 Å². The average Bonchev–Trinajstić information content (AvgIpc) is 2.24. The quantitative estimate of drug-likeness (QED) is 0.658. The molecule has 2 N–H and O–H groups in total. The molecule has 0 saturated heterocycles. The van der Waals surface area contributed by atoms with Crippen LogP contribution in [-0.2, 0) is 0 Å². The lowest BCUT2D eigenvalue weighted by molar-refractivity contribution is -0.384. The summed E-state index contributed by atoms with van der Waals surface area (Å²) < 4.78 is 36.2. The molecule has 0 aliphatic carbocycles. The Morgan fingerprint density at radius 3 is 2.47 bits per heavy atom. The van der Waals surface area contributed by atoms with Gasteiger partial charge in [0.1, 0.15) is 6.54 Å². The zero-order valence-corrected chi connectivity index (χ0v) is 9.75. The molecule has 6 nitrogen and oxygen atoms in total. The zero-order chi connectivity index (χ0) is 14.8. The van der Waals surface area contributed by atoms with Crippen molar-refractivity contribution in [1.82, 2.24) is 0 Å². The molecule has 1 aromatic carbocycles. The SMILES string of the molecule is O=C(O)c1cc([N+](=O)[O-])cc(Cl)c1NCC(F)(F)F. The Hall–Kier alpha value is -2.03. The zero-order valence-electron chi connectivity index (χ0n) is 8.99. The van der Waals surface area contributed by atoms with Gasteiger partial charge in [-0.1, -0.05) is 11.6 Å². The standard InChI is InChI=1S/C9H6ClF3N2O4/c10-6-2-4(15(18)19)1-5(8(16)17)7(6)14-3-9(11,12)13/h1-2,14H,3H2,(H,16,17). The number of hydrogen-bond acceptors (Lipinski definition) is 4. The number of halogens is 4. The van der Waals surface area contributed by atoms with Gasteiger partial charge in [0.25, 0.3) is 5.69 Å². The highest BCUT2D eigenvalue weighted by Gasteiger charge is 2.29. The number of carboxylic acids is 1. The number of rotatable bonds is 4. The van der Waals surface area contributed by atoms with Crippen molar-refractivity contribution in [1.29, 1.82) is 0 Å². The summed E-state index contributed by atoms with van der Waals surface area (Å²) in [6.07, 6.45) is -4.58. The number of benzene rings is 1. The van der Waals surface area contributed by atoms with Crippen LogP contribution in [0.3, 0.4) is 0 Å². The van der Waals surface area contributed by atoms with Crippen LogP contribution in [0.5, 0.6) is 0 Å². The van der Waals surface area contributed by atoms with Gasteiger partial charge < -0.3 is 10.4 Å². The lowest BCUT2D eigenvalue weighted by Gasteiger charge is -2.13. The lowest BCUT2D eigenvalue weighted by Crippen LogP contribution is -2.22. The van der Waals surface area contributed by atoms with E-state index in [0.717, 1.165) is 6.07 Å². The van der Waals surface area contributed by atoms with Crippen LogP contribution in [0.4, 0.5) is 24.5 Å². The van der Waals surface area contributed by atoms with Crippen molar-refractivity contribution in [2.24, 2.45) is 0 Å². The molecule has 0 heterocycles. The van der Waals surface area contributed by atoms with Gasteiger partial charge in [-0.05, 0) is 0 Å². The molecule has 19 heavy (non-hydrogen) atoms. The van der Waals surface area contributed by atoms with Crippen LogP contribution in [0.2, 0.25) is 5.02 Å². The third-order valence-electron chi connectivity index (χ3n) is 1.98. The second kappa shape index (κ2) is 5.31. The minimum Gasteiger partial charge on any atom is -0.478 e. The summed E-state index contributed by atoms with van der Waals surface area (Å²) in [5, 5.41) is 20.7. The fraction of sp³-hybridized carbons (Fsp3) is 0.222. The first-order chi connectivity index (χ1) is 8.61. The number of carbonyl (C=O) groups is 1. The van der Waals surface area contributed by atoms with Gasteiger partial charge in [-0.15, -0.1) is 0 Å². The maximum atomic E-state index is 12.1. The van der Waals surface area contributed by atoms with E-state index < -0.39 is 45.6 Å². The van der Waals surface area contributed by atoms with E-state index in [0.29, 0.717) is 6.07 Å². The maximum Gasteiger partial charge on any atom is 0.405 e. The fourth-order valence-electron chi connectivity index (χ4n) is 1.23. The summed E-state index contributed by atoms with van der Waals surface area (Å²) >= 11 is 5.55. The molecule has 10 heteroatoms. The molecule has 0 aliphatic heterocycles. The van der Waals surface area contributed by atoms with Gasteiger partial charge in [-0.2, -0.15) is 13.2 Å². The Morgan fingerprint density at radius 1 is 1.47 bits per heavy atom. The minimum absolute atomic E-state index is 0.476. The molecule has 1 rings (SSSR count). The molecule has 0 fully saturated rings. The summed E-state index contributed by atoms with van der Waals surface area (Å²) in [4.78, 5) is 20.5. The number of alkyl halides is 3. The van der Waals surface area contributed by atoms with Gasteiger partial charge in [0.15, 0.2) is 0 Å². The van der Waals surface area contributed by atoms with E-state index in [2.05, 4.69) is 0 Å². The number of nitro groups is 1. The van der Waals surface area contributed by atoms with Crippen LogP contribution in [0, 0.1) is 10.1 Å². The van der Waals surface area contributed by atoms with Crippen LogP contribution >= 0.6 is 11.6 Å². The number of carboxylic acid groups (broad SMARTS) is 1. The third-order valence-corrected chi connectivity index (χ3v) is 2.28. The van der Waals surface area contributed by atoms with Crippen molar-refractivity contribution in [3.8, 4) is 0 Å². The molecular formula is C9H6ClF3N2O4. The van der Waals surface area contributed by atoms with E-state index >= 15 is 0 Å². The molecule has 0 aromatic heterocycles. The van der Waals surface area contributed by atoms with E-state index in [4.69, 9.17) is 16.7 Å². The molecule has 0 aliphatic rings. The van der Waals surface area contributed by atoms with E-state index in [9.17, 15) is 28.1 Å². The molecule has 0 spiro atoms. The van der Waals surface area contributed by atoms with Crippen molar-refractivity contribution in [3.05, 3.63) is 32.8 Å². The number of hydrogen-bond donors (Lipinski definition) is 2. The van der Waals surface area contributed by atoms with Crippen molar-refractivity contribution in [3.63, 3.8) is 0 Å². The summed E-state index contributed by atoms with van der Waals surface area (Å²) in [5.41, 5.74) is -1.85. The molecule has 0 unspecified atom stereocenters. The Morgan fingerprint density at radius 2 is 2.05 bits per heavy atom. The first-order valence-electron chi connectivity index (χ1n) is 4.63. The van der Waals surface area contributed by atoms with Crippen LogP contribution in [-0.4, -0.2) is 28.7 Å². The van der Waals surface area contributed by atoms with Crippen LogP contribution in [0.1, 0.15) is 10.4 Å². The topological polar surface area (TPSA) is 92.5 Å². The second-order valence-electron chi connectivity index (χ2n) is 3.38. The number of anilines is 1. The number of non-ortho nitro benzene ring substituents is 1. The predicted molar refractivity (Wildman–Crippen MR) is 59.6 cm³/mol. The van der Waals surface area contributed by atoms with Gasteiger partial charge >= 0.3 is 12.1 Å². The molecule has 0 radical (unpaired) electrons.